The highest BCUT2D eigenvalue weighted by Gasteiger charge is 2.35. The van der Waals surface area contributed by atoms with Gasteiger partial charge in [0.25, 0.3) is 0 Å². The van der Waals surface area contributed by atoms with Gasteiger partial charge in [0, 0.05) is 29.7 Å². The number of carbonyl (C=O) groups is 2. The molecule has 1 saturated heterocycles. The second-order valence-electron chi connectivity index (χ2n) is 6.64. The molecule has 1 aromatic carbocycles. The molecule has 0 unspecified atom stereocenters. The first-order chi connectivity index (χ1) is 13.5. The van der Waals surface area contributed by atoms with E-state index in [2.05, 4.69) is 15.5 Å². The Morgan fingerprint density at radius 1 is 1.32 bits per heavy atom. The third-order valence-corrected chi connectivity index (χ3v) is 5.91. The fraction of sp³-hybridized carbons (Fsp3) is 0.250. The summed E-state index contributed by atoms with van der Waals surface area (Å²) in [4.78, 5) is 28.9. The smallest absolute Gasteiger partial charge is 0.229 e. The van der Waals surface area contributed by atoms with Gasteiger partial charge in [0.15, 0.2) is 0 Å². The normalized spacial score (nSPS) is 16.4. The van der Waals surface area contributed by atoms with Gasteiger partial charge in [0.05, 0.1) is 29.3 Å². The van der Waals surface area contributed by atoms with Gasteiger partial charge in [-0.3, -0.25) is 14.7 Å². The Kier molecular flexibility index (Phi) is 4.87. The minimum Gasteiger partial charge on any atom is -0.497 e. The van der Waals surface area contributed by atoms with Crippen LogP contribution < -0.4 is 15.0 Å². The first-order valence-corrected chi connectivity index (χ1v) is 9.72. The van der Waals surface area contributed by atoms with Crippen LogP contribution in [-0.2, 0) is 9.59 Å². The van der Waals surface area contributed by atoms with Crippen LogP contribution in [0.2, 0.25) is 0 Å². The number of aromatic nitrogens is 2. The van der Waals surface area contributed by atoms with Crippen LogP contribution in [0.5, 0.6) is 5.75 Å². The van der Waals surface area contributed by atoms with Crippen LogP contribution in [0, 0.1) is 12.8 Å². The van der Waals surface area contributed by atoms with Gasteiger partial charge >= 0.3 is 0 Å². The number of thiophene rings is 1. The number of aromatic amines is 1. The zero-order valence-electron chi connectivity index (χ0n) is 15.6. The first-order valence-electron chi connectivity index (χ1n) is 8.90. The molecule has 0 aliphatic carbocycles. The van der Waals surface area contributed by atoms with E-state index in [0.717, 1.165) is 32.6 Å². The molecule has 0 radical (unpaired) electrons. The molecule has 3 aromatic rings. The number of H-pyrrole nitrogens is 1. The molecule has 1 aliphatic heterocycles. The predicted octanol–water partition coefficient (Wildman–Crippen LogP) is 3.45. The average Bonchev–Trinajstić information content (AvgIpc) is 3.43. The van der Waals surface area contributed by atoms with E-state index in [-0.39, 0.29) is 24.2 Å². The Morgan fingerprint density at radius 3 is 2.79 bits per heavy atom. The number of aryl methyl sites for hydroxylation is 1. The van der Waals surface area contributed by atoms with Gasteiger partial charge in [-0.1, -0.05) is 0 Å². The van der Waals surface area contributed by atoms with E-state index in [0.29, 0.717) is 6.54 Å². The Morgan fingerprint density at radius 2 is 2.11 bits per heavy atom. The van der Waals surface area contributed by atoms with Crippen molar-refractivity contribution in [3.8, 4) is 16.3 Å². The summed E-state index contributed by atoms with van der Waals surface area (Å²) in [6.45, 7) is 2.33. The molecule has 2 aromatic heterocycles. The van der Waals surface area contributed by atoms with E-state index >= 15 is 0 Å². The van der Waals surface area contributed by atoms with E-state index in [1.165, 1.54) is 0 Å². The number of methoxy groups -OCH3 is 1. The largest absolute Gasteiger partial charge is 0.497 e. The van der Waals surface area contributed by atoms with Gasteiger partial charge in [-0.25, -0.2) is 0 Å². The molecule has 1 atom stereocenters. The Labute approximate surface area is 166 Å². The number of nitrogens with zero attached hydrogens (tertiary/aromatic N) is 2. The van der Waals surface area contributed by atoms with Gasteiger partial charge in [-0.2, -0.15) is 5.10 Å². The number of benzene rings is 1. The summed E-state index contributed by atoms with van der Waals surface area (Å²) in [5, 5.41) is 9.87. The number of hydrogen-bond donors (Lipinski definition) is 2. The number of rotatable bonds is 5. The standard InChI is InChI=1S/C20H20N4O3S/c1-12-17(10-18(28-12)16-7-8-21-23-16)22-20(26)13-9-19(25)24(11-13)14-3-5-15(27-2)6-4-14/h3-8,10,13H,9,11H2,1-2H3,(H,21,23)(H,22,26)/t13-/m1/s1. The van der Waals surface area contributed by atoms with Crippen LogP contribution in [0.4, 0.5) is 11.4 Å². The van der Waals surface area contributed by atoms with Crippen molar-refractivity contribution in [2.24, 2.45) is 5.92 Å². The predicted molar refractivity (Wildman–Crippen MR) is 109 cm³/mol. The number of amides is 2. The molecule has 7 nitrogen and oxygen atoms in total. The topological polar surface area (TPSA) is 87.3 Å². The molecule has 0 saturated carbocycles. The van der Waals surface area contributed by atoms with Crippen molar-refractivity contribution < 1.29 is 14.3 Å². The van der Waals surface area contributed by atoms with Crippen LogP contribution in [0.15, 0.2) is 42.6 Å². The summed E-state index contributed by atoms with van der Waals surface area (Å²) >= 11 is 1.58. The Balaban J connectivity index is 1.45. The van der Waals surface area contributed by atoms with E-state index in [1.807, 2.05) is 43.3 Å². The molecule has 0 spiro atoms. The quantitative estimate of drug-likeness (QED) is 0.692. The molecule has 1 aliphatic rings. The Bertz CT molecular complexity index is 995. The molecule has 3 heterocycles. The summed E-state index contributed by atoms with van der Waals surface area (Å²) in [6, 6.07) is 11.1. The maximum absolute atomic E-state index is 12.8. The van der Waals surface area contributed by atoms with Crippen molar-refractivity contribution in [2.75, 3.05) is 23.9 Å². The lowest BCUT2D eigenvalue weighted by Crippen LogP contribution is -2.28. The lowest BCUT2D eigenvalue weighted by molar-refractivity contribution is -0.122. The fourth-order valence-corrected chi connectivity index (χ4v) is 4.21. The van der Waals surface area contributed by atoms with E-state index in [9.17, 15) is 9.59 Å². The molecule has 8 heteroatoms. The first kappa shape index (κ1) is 18.2. The van der Waals surface area contributed by atoms with Crippen molar-refractivity contribution in [3.63, 3.8) is 0 Å². The highest BCUT2D eigenvalue weighted by Crippen LogP contribution is 2.34. The number of hydrogen-bond acceptors (Lipinski definition) is 5. The third kappa shape index (κ3) is 3.50. The van der Waals surface area contributed by atoms with Crippen LogP contribution in [0.25, 0.3) is 10.6 Å². The van der Waals surface area contributed by atoms with Gasteiger partial charge < -0.3 is 15.0 Å². The Hall–Kier alpha value is -3.13. The summed E-state index contributed by atoms with van der Waals surface area (Å²) in [5.41, 5.74) is 2.46. The molecule has 2 amide bonds. The summed E-state index contributed by atoms with van der Waals surface area (Å²) in [6.07, 6.45) is 1.90. The van der Waals surface area contributed by atoms with Crippen molar-refractivity contribution in [2.45, 2.75) is 13.3 Å². The molecule has 4 rings (SSSR count). The number of ether oxygens (including phenoxy) is 1. The maximum Gasteiger partial charge on any atom is 0.229 e. The van der Waals surface area contributed by atoms with Crippen LogP contribution >= 0.6 is 11.3 Å². The van der Waals surface area contributed by atoms with Crippen molar-refractivity contribution in [1.29, 1.82) is 0 Å². The molecule has 1 fully saturated rings. The van der Waals surface area contributed by atoms with Crippen LogP contribution in [-0.4, -0.2) is 35.7 Å². The highest BCUT2D eigenvalue weighted by atomic mass is 32.1. The summed E-state index contributed by atoms with van der Waals surface area (Å²) in [5.74, 6) is 0.155. The number of anilines is 2. The SMILES string of the molecule is COc1ccc(N2C[C@H](C(=O)Nc3cc(-c4ccn[nH]4)sc3C)CC2=O)cc1. The molecular formula is C20H20N4O3S. The van der Waals surface area contributed by atoms with Crippen molar-refractivity contribution in [1.82, 2.24) is 10.2 Å². The molecule has 28 heavy (non-hydrogen) atoms. The van der Waals surface area contributed by atoms with Gasteiger partial charge in [0.1, 0.15) is 5.75 Å². The number of nitrogens with one attached hydrogen (secondary N) is 2. The van der Waals surface area contributed by atoms with Crippen LogP contribution in [0.3, 0.4) is 0 Å². The van der Waals surface area contributed by atoms with Gasteiger partial charge in [-0.15, -0.1) is 11.3 Å². The van der Waals surface area contributed by atoms with Crippen LogP contribution in [0.1, 0.15) is 11.3 Å². The molecule has 0 bridgehead atoms. The lowest BCUT2D eigenvalue weighted by atomic mass is 10.1. The lowest BCUT2D eigenvalue weighted by Gasteiger charge is -2.17. The summed E-state index contributed by atoms with van der Waals surface area (Å²) < 4.78 is 5.15. The zero-order chi connectivity index (χ0) is 19.7. The average molecular weight is 396 g/mol. The fourth-order valence-electron chi connectivity index (χ4n) is 3.26. The monoisotopic (exact) mass is 396 g/mol. The number of carbonyl (C=O) groups excluding carboxylic acids is 2. The second kappa shape index (κ2) is 7.47. The van der Waals surface area contributed by atoms with Crippen molar-refractivity contribution >= 4 is 34.5 Å². The molecular weight excluding hydrogens is 376 g/mol. The van der Waals surface area contributed by atoms with E-state index in [4.69, 9.17) is 4.74 Å². The van der Waals surface area contributed by atoms with E-state index in [1.54, 1.807) is 29.5 Å². The second-order valence-corrected chi connectivity index (χ2v) is 7.90. The van der Waals surface area contributed by atoms with E-state index < -0.39 is 0 Å². The highest BCUT2D eigenvalue weighted by molar-refractivity contribution is 7.16. The molecule has 2 N–H and O–H groups in total. The maximum atomic E-state index is 12.8. The van der Waals surface area contributed by atoms with Gasteiger partial charge in [-0.05, 0) is 43.3 Å². The zero-order valence-corrected chi connectivity index (χ0v) is 16.4. The molecule has 144 valence electrons. The van der Waals surface area contributed by atoms with Crippen molar-refractivity contribution in [3.05, 3.63) is 47.5 Å². The summed E-state index contributed by atoms with van der Waals surface area (Å²) in [7, 11) is 1.60. The third-order valence-electron chi connectivity index (χ3n) is 4.82. The van der Waals surface area contributed by atoms with Gasteiger partial charge in [0.2, 0.25) is 11.8 Å². The minimum absolute atomic E-state index is 0.0505. The minimum atomic E-state index is -0.385.